The van der Waals surface area contributed by atoms with Gasteiger partial charge in [0, 0.05) is 0 Å². The average Bonchev–Trinajstić information content (AvgIpc) is 2.60. The van der Waals surface area contributed by atoms with Crippen molar-refractivity contribution in [2.75, 3.05) is 8.60 Å². The molecule has 5 heteroatoms. The summed E-state index contributed by atoms with van der Waals surface area (Å²) in [6.45, 7) is 17.6. The van der Waals surface area contributed by atoms with Crippen LogP contribution in [0.2, 0.25) is 0 Å². The Bertz CT molecular complexity index is 710. The monoisotopic (exact) mass is 474 g/mol. The van der Waals surface area contributed by atoms with Gasteiger partial charge in [0.25, 0.3) is 0 Å². The molecular weight excluding hydrogens is 439 g/mol. The third-order valence-electron chi connectivity index (χ3n) is 5.21. The standard InChI is InChI=1S/2C12H18N.2ClH.Cr/c2*1-8(2)10-6-5-7-11(9(3)4)12(10)13;;;/h2*5-9,13H,1-4H3;2*1H;/q2*-1;;;+4/p-2. The quantitative estimate of drug-likeness (QED) is 0.398. The van der Waals surface area contributed by atoms with Crippen LogP contribution in [-0.2, 0) is 11.7 Å². The Morgan fingerprint density at radius 2 is 0.793 bits per heavy atom. The Morgan fingerprint density at radius 3 is 1.00 bits per heavy atom. The number of rotatable bonds is 8. The Morgan fingerprint density at radius 1 is 0.552 bits per heavy atom. The molecule has 0 aliphatic heterocycles. The van der Waals surface area contributed by atoms with Crippen LogP contribution in [0.1, 0.15) is 101 Å². The van der Waals surface area contributed by atoms with Crippen LogP contribution in [0.3, 0.4) is 0 Å². The molecule has 2 nitrogen and oxygen atoms in total. The van der Waals surface area contributed by atoms with E-state index in [1.807, 2.05) is 0 Å². The van der Waals surface area contributed by atoms with Gasteiger partial charge >= 0.3 is 189 Å². The molecular formula is C24H36Cl2CrN2. The number of hydrogen-bond acceptors (Lipinski definition) is 2. The van der Waals surface area contributed by atoms with E-state index in [0.717, 1.165) is 11.4 Å². The number of halogens is 2. The van der Waals surface area contributed by atoms with Gasteiger partial charge in [0.1, 0.15) is 0 Å². The van der Waals surface area contributed by atoms with Gasteiger partial charge in [0.2, 0.25) is 0 Å². The third kappa shape index (κ3) is 6.08. The average molecular weight is 475 g/mol. The molecule has 2 N–H and O–H groups in total. The Hall–Kier alpha value is -0.848. The van der Waals surface area contributed by atoms with Crippen LogP contribution in [0.25, 0.3) is 0 Å². The zero-order valence-electron chi connectivity index (χ0n) is 18.9. The minimum atomic E-state index is -3.26. The van der Waals surface area contributed by atoms with Crippen LogP contribution in [0.4, 0.5) is 11.4 Å². The zero-order valence-corrected chi connectivity index (χ0v) is 21.7. The van der Waals surface area contributed by atoms with E-state index in [1.165, 1.54) is 22.3 Å². The molecule has 0 aliphatic rings. The third-order valence-corrected chi connectivity index (χ3v) is 7.92. The molecule has 2 rings (SSSR count). The molecule has 0 aromatic heterocycles. The molecule has 0 spiro atoms. The van der Waals surface area contributed by atoms with E-state index < -0.39 is 11.7 Å². The summed E-state index contributed by atoms with van der Waals surface area (Å²) in [6.07, 6.45) is 0. The summed E-state index contributed by atoms with van der Waals surface area (Å²) in [7, 11) is 14.0. The summed E-state index contributed by atoms with van der Waals surface area (Å²) in [6, 6.07) is 12.9. The second-order valence-electron chi connectivity index (χ2n) is 8.91. The Balaban J connectivity index is 2.50. The maximum atomic E-state index is 7.01. The van der Waals surface area contributed by atoms with E-state index in [9.17, 15) is 0 Å². The number of anilines is 2. The van der Waals surface area contributed by atoms with Crippen molar-refractivity contribution in [3.8, 4) is 0 Å². The molecule has 0 heterocycles. The fourth-order valence-electron chi connectivity index (χ4n) is 3.62. The van der Waals surface area contributed by atoms with Crippen molar-refractivity contribution in [2.24, 2.45) is 0 Å². The summed E-state index contributed by atoms with van der Waals surface area (Å²) < 4.78 is 7.15. The fraction of sp³-hybridized carbons (Fsp3) is 0.500. The molecule has 0 radical (unpaired) electrons. The first-order valence-electron chi connectivity index (χ1n) is 10.5. The molecule has 2 aromatic rings. The second kappa shape index (κ2) is 9.97. The van der Waals surface area contributed by atoms with Crippen LogP contribution >= 0.6 is 20.1 Å². The van der Waals surface area contributed by atoms with Gasteiger partial charge in [-0.25, -0.2) is 0 Å². The molecule has 162 valence electrons. The van der Waals surface area contributed by atoms with E-state index >= 15 is 0 Å². The van der Waals surface area contributed by atoms with Crippen LogP contribution < -0.4 is 8.60 Å². The van der Waals surface area contributed by atoms with Gasteiger partial charge in [-0.3, -0.25) is 0 Å². The summed E-state index contributed by atoms with van der Waals surface area (Å²) in [5.74, 6) is 1.52. The van der Waals surface area contributed by atoms with Crippen molar-refractivity contribution in [1.82, 2.24) is 0 Å². The summed E-state index contributed by atoms with van der Waals surface area (Å²) in [4.78, 5) is 0. The van der Waals surface area contributed by atoms with Gasteiger partial charge in [0.05, 0.1) is 0 Å². The predicted octanol–water partition coefficient (Wildman–Crippen LogP) is 9.00. The first-order valence-corrected chi connectivity index (χ1v) is 15.3. The molecule has 0 saturated heterocycles. The Kier molecular flexibility index (Phi) is 8.40. The predicted molar refractivity (Wildman–Crippen MR) is 128 cm³/mol. The van der Waals surface area contributed by atoms with Crippen molar-refractivity contribution in [3.05, 3.63) is 58.7 Å². The number of benzene rings is 2. The molecule has 0 atom stereocenters. The van der Waals surface area contributed by atoms with Gasteiger partial charge in [-0.2, -0.15) is 0 Å². The van der Waals surface area contributed by atoms with E-state index in [2.05, 4.69) is 100 Å². The van der Waals surface area contributed by atoms with E-state index in [0.29, 0.717) is 23.7 Å². The molecule has 0 aliphatic carbocycles. The summed E-state index contributed by atoms with van der Waals surface area (Å²) in [5, 5.41) is 0. The van der Waals surface area contributed by atoms with Crippen molar-refractivity contribution >= 4 is 31.5 Å². The number of para-hydroxylation sites is 2. The van der Waals surface area contributed by atoms with Gasteiger partial charge in [0.15, 0.2) is 0 Å². The molecule has 29 heavy (non-hydrogen) atoms. The van der Waals surface area contributed by atoms with Gasteiger partial charge < -0.3 is 0 Å². The van der Waals surface area contributed by atoms with Crippen molar-refractivity contribution < 1.29 is 11.7 Å². The molecule has 2 aromatic carbocycles. The van der Waals surface area contributed by atoms with Crippen molar-refractivity contribution in [3.63, 3.8) is 0 Å². The molecule has 0 saturated carbocycles. The first kappa shape index (κ1) is 24.4. The topological polar surface area (TPSA) is 24.1 Å². The van der Waals surface area contributed by atoms with Crippen molar-refractivity contribution in [1.29, 1.82) is 0 Å². The fourth-order valence-corrected chi connectivity index (χ4v) is 6.51. The molecule has 0 fully saturated rings. The molecule has 0 unspecified atom stereocenters. The zero-order chi connectivity index (χ0) is 21.9. The number of nitrogens with one attached hydrogen (secondary N) is 2. The van der Waals surface area contributed by atoms with E-state index in [-0.39, 0.29) is 0 Å². The molecule has 0 bridgehead atoms. The SMILES string of the molecule is CC(C)c1cccc(C(C)C)c1[NH][Cr]([Cl])([Cl])[NH]c1c(C(C)C)cccc1C(C)C. The van der Waals surface area contributed by atoms with Crippen LogP contribution in [0.5, 0.6) is 0 Å². The van der Waals surface area contributed by atoms with Crippen LogP contribution in [0, 0.1) is 0 Å². The molecule has 0 amide bonds. The summed E-state index contributed by atoms with van der Waals surface area (Å²) >= 11 is -3.26. The summed E-state index contributed by atoms with van der Waals surface area (Å²) in [5.41, 5.74) is 7.18. The maximum absolute atomic E-state index is 7.01. The van der Waals surface area contributed by atoms with Crippen LogP contribution in [-0.4, -0.2) is 0 Å². The van der Waals surface area contributed by atoms with E-state index in [1.54, 1.807) is 0 Å². The number of hydrogen-bond donors (Lipinski definition) is 2. The second-order valence-corrected chi connectivity index (χ2v) is 15.5. The van der Waals surface area contributed by atoms with Crippen molar-refractivity contribution in [2.45, 2.75) is 79.1 Å². The normalized spacial score (nSPS) is 12.9. The van der Waals surface area contributed by atoms with E-state index in [4.69, 9.17) is 20.1 Å². The van der Waals surface area contributed by atoms with Gasteiger partial charge in [-0.15, -0.1) is 0 Å². The van der Waals surface area contributed by atoms with Gasteiger partial charge in [-0.05, 0) is 0 Å². The van der Waals surface area contributed by atoms with Gasteiger partial charge in [-0.1, -0.05) is 0 Å². The Labute approximate surface area is 188 Å². The van der Waals surface area contributed by atoms with Crippen LogP contribution in [0.15, 0.2) is 36.4 Å². The minimum absolute atomic E-state index is 0.381. The first-order chi connectivity index (χ1) is 13.4.